The lowest BCUT2D eigenvalue weighted by Gasteiger charge is -2.14. The molecule has 5 heterocycles. The van der Waals surface area contributed by atoms with E-state index in [1.165, 1.54) is 32.6 Å². The highest BCUT2D eigenvalue weighted by molar-refractivity contribution is 6.14. The van der Waals surface area contributed by atoms with E-state index in [1.54, 1.807) is 0 Å². The smallest absolute Gasteiger partial charge is 0.240 e. The number of hydrogen-bond acceptors (Lipinski definition) is 3. The molecule has 7 nitrogen and oxygen atoms in total. The lowest BCUT2D eigenvalue weighted by atomic mass is 9.93. The summed E-state index contributed by atoms with van der Waals surface area (Å²) in [6.07, 6.45) is 0. The summed E-state index contributed by atoms with van der Waals surface area (Å²) < 4.78 is 9.28. The first-order chi connectivity index (χ1) is 46.6. The fourth-order valence-electron chi connectivity index (χ4n) is 14.7. The minimum absolute atomic E-state index is 0.507. The first-order valence-corrected chi connectivity index (χ1v) is 32.0. The predicted octanol–water partition coefficient (Wildman–Crippen LogP) is 22.3. The SMILES string of the molecule is c1ccc(-c2cc(-c3ccccc3)cc(-c3cccc(-c4nc(-n5c6ccccc6c6ccc(-c7ccc8c9ccccc9n(-c9ccccc9)c8c7)cc65)nc(-n5c6ccccc6c6ccc(-c7ccc8c9ccccc9n(-c9ccccc9)c8c7)cc65)n4)c3)c2)cc1. The Hall–Kier alpha value is -12.7. The van der Waals surface area contributed by atoms with E-state index in [0.29, 0.717) is 17.7 Å². The Kier molecular flexibility index (Phi) is 12.1. The van der Waals surface area contributed by atoms with Crippen LogP contribution in [-0.4, -0.2) is 33.2 Å². The maximum atomic E-state index is 5.74. The number of fused-ring (bicyclic) bond motifs is 12. The number of rotatable bonds is 10. The van der Waals surface area contributed by atoms with E-state index in [-0.39, 0.29) is 0 Å². The third kappa shape index (κ3) is 8.63. The Bertz CT molecular complexity index is 5860. The molecule has 0 atom stereocenters. The summed E-state index contributed by atoms with van der Waals surface area (Å²) in [6, 6.07) is 120. The molecule has 19 rings (SSSR count). The van der Waals surface area contributed by atoms with Gasteiger partial charge in [0.25, 0.3) is 0 Å². The second-order valence-corrected chi connectivity index (χ2v) is 24.4. The second-order valence-electron chi connectivity index (χ2n) is 24.4. The van der Waals surface area contributed by atoms with Crippen LogP contribution in [0.1, 0.15) is 0 Å². The van der Waals surface area contributed by atoms with Crippen molar-refractivity contribution >= 4 is 87.2 Å². The molecule has 0 bridgehead atoms. The molecule has 0 spiro atoms. The summed E-state index contributed by atoms with van der Waals surface area (Å²) >= 11 is 0. The van der Waals surface area contributed by atoms with Gasteiger partial charge in [0.15, 0.2) is 5.82 Å². The molecule has 0 unspecified atom stereocenters. The largest absolute Gasteiger partial charge is 0.309 e. The molecule has 0 saturated heterocycles. The Morgan fingerprint density at radius 1 is 0.160 bits per heavy atom. The van der Waals surface area contributed by atoms with Crippen LogP contribution in [0, 0.1) is 0 Å². The van der Waals surface area contributed by atoms with Gasteiger partial charge < -0.3 is 9.13 Å². The zero-order valence-corrected chi connectivity index (χ0v) is 50.9. The topological polar surface area (TPSA) is 58.4 Å². The van der Waals surface area contributed by atoms with E-state index in [9.17, 15) is 0 Å². The van der Waals surface area contributed by atoms with Crippen molar-refractivity contribution < 1.29 is 0 Å². The van der Waals surface area contributed by atoms with Crippen LogP contribution >= 0.6 is 0 Å². The first kappa shape index (κ1) is 53.2. The van der Waals surface area contributed by atoms with Crippen molar-refractivity contribution in [2.45, 2.75) is 0 Å². The summed E-state index contributed by atoms with van der Waals surface area (Å²) in [5.41, 5.74) is 22.8. The van der Waals surface area contributed by atoms with Gasteiger partial charge in [-0.2, -0.15) is 15.0 Å². The molecule has 19 aromatic rings. The minimum Gasteiger partial charge on any atom is -0.309 e. The Morgan fingerprint density at radius 3 is 0.809 bits per heavy atom. The zero-order valence-electron chi connectivity index (χ0n) is 50.9. The first-order valence-electron chi connectivity index (χ1n) is 32.0. The number of hydrogen-bond donors (Lipinski definition) is 0. The van der Waals surface area contributed by atoms with Crippen LogP contribution in [0.4, 0.5) is 0 Å². The Labute approximate surface area is 541 Å². The van der Waals surface area contributed by atoms with Gasteiger partial charge >= 0.3 is 0 Å². The molecular weight excluding hydrogens is 1140 g/mol. The van der Waals surface area contributed by atoms with Crippen LogP contribution in [0.15, 0.2) is 334 Å². The minimum atomic E-state index is 0.507. The van der Waals surface area contributed by atoms with Gasteiger partial charge in [0.2, 0.25) is 11.9 Å². The second kappa shape index (κ2) is 21.5. The van der Waals surface area contributed by atoms with Gasteiger partial charge in [-0.3, -0.25) is 9.13 Å². The standard InChI is InChI=1S/C87H55N7/c1-5-22-56(23-6-1)64-49-65(57-24-7-2-8-25-57)51-66(50-64)58-26-21-27-63(48-58)85-88-86(93-79-38-19-15-34-71(79)75-46-42-61(54-83(75)93)59-40-44-73-69-32-13-17-36-77(69)91(81(73)52-59)67-28-9-3-10-29-67)90-87(89-85)94-80-39-20-16-35-72(80)76-47-43-62(55-84(76)94)60-41-45-74-70-33-14-18-37-78(70)92(82(74)53-60)68-30-11-4-12-31-68/h1-55H. The quantitative estimate of drug-likeness (QED) is 0.137. The van der Waals surface area contributed by atoms with Crippen molar-refractivity contribution in [1.82, 2.24) is 33.2 Å². The number of aromatic nitrogens is 7. The molecule has 0 radical (unpaired) electrons. The van der Waals surface area contributed by atoms with E-state index in [1.807, 2.05) is 0 Å². The van der Waals surface area contributed by atoms with E-state index in [4.69, 9.17) is 15.0 Å². The molecule has 94 heavy (non-hydrogen) atoms. The maximum Gasteiger partial charge on any atom is 0.240 e. The summed E-state index contributed by atoms with van der Waals surface area (Å²) in [5, 5.41) is 9.26. The van der Waals surface area contributed by atoms with Crippen molar-refractivity contribution in [3.8, 4) is 90.3 Å². The van der Waals surface area contributed by atoms with Crippen LogP contribution in [-0.2, 0) is 0 Å². The van der Waals surface area contributed by atoms with E-state index < -0.39 is 0 Å². The average Bonchev–Trinajstić information content (AvgIpc) is 1.65. The van der Waals surface area contributed by atoms with Gasteiger partial charge in [-0.1, -0.05) is 237 Å². The molecule has 0 fully saturated rings. The van der Waals surface area contributed by atoms with Crippen molar-refractivity contribution in [3.63, 3.8) is 0 Å². The molecule has 0 aliphatic carbocycles. The van der Waals surface area contributed by atoms with Crippen LogP contribution in [0.5, 0.6) is 0 Å². The van der Waals surface area contributed by atoms with E-state index in [0.717, 1.165) is 127 Å². The highest BCUT2D eigenvalue weighted by atomic mass is 15.3. The predicted molar refractivity (Wildman–Crippen MR) is 390 cm³/mol. The molecule has 5 aromatic heterocycles. The molecule has 14 aromatic carbocycles. The fraction of sp³-hybridized carbons (Fsp3) is 0. The van der Waals surface area contributed by atoms with Crippen LogP contribution in [0.2, 0.25) is 0 Å². The number of nitrogens with zero attached hydrogens (tertiary/aromatic N) is 7. The third-order valence-electron chi connectivity index (χ3n) is 19.0. The normalized spacial score (nSPS) is 11.8. The average molecular weight is 1200 g/mol. The van der Waals surface area contributed by atoms with E-state index >= 15 is 0 Å². The van der Waals surface area contributed by atoms with Gasteiger partial charge in [-0.15, -0.1) is 0 Å². The van der Waals surface area contributed by atoms with Gasteiger partial charge in [-0.25, -0.2) is 0 Å². The zero-order chi connectivity index (χ0) is 61.8. The van der Waals surface area contributed by atoms with Crippen molar-refractivity contribution in [2.24, 2.45) is 0 Å². The molecule has 0 saturated carbocycles. The van der Waals surface area contributed by atoms with Crippen LogP contribution in [0.3, 0.4) is 0 Å². The number of benzene rings is 14. The van der Waals surface area contributed by atoms with Crippen molar-refractivity contribution in [1.29, 1.82) is 0 Å². The Balaban J connectivity index is 0.839. The van der Waals surface area contributed by atoms with Gasteiger partial charge in [0.05, 0.1) is 44.1 Å². The number of para-hydroxylation sites is 6. The van der Waals surface area contributed by atoms with Gasteiger partial charge in [0.1, 0.15) is 0 Å². The molecular formula is C87H55N7. The van der Waals surface area contributed by atoms with Crippen LogP contribution < -0.4 is 0 Å². The van der Waals surface area contributed by atoms with Gasteiger partial charge in [-0.05, 0) is 153 Å². The molecule has 0 amide bonds. The summed E-state index contributed by atoms with van der Waals surface area (Å²) in [4.78, 5) is 17.1. The third-order valence-corrected chi connectivity index (χ3v) is 19.0. The summed E-state index contributed by atoms with van der Waals surface area (Å²) in [6.45, 7) is 0. The molecule has 7 heteroatoms. The van der Waals surface area contributed by atoms with E-state index in [2.05, 4.69) is 352 Å². The Morgan fingerprint density at radius 2 is 0.426 bits per heavy atom. The highest BCUT2D eigenvalue weighted by Gasteiger charge is 2.24. The molecule has 0 aliphatic rings. The lowest BCUT2D eigenvalue weighted by molar-refractivity contribution is 0.893. The summed E-state index contributed by atoms with van der Waals surface area (Å²) in [5.74, 6) is 1.56. The summed E-state index contributed by atoms with van der Waals surface area (Å²) in [7, 11) is 0. The van der Waals surface area contributed by atoms with Crippen molar-refractivity contribution in [2.75, 3.05) is 0 Å². The maximum absolute atomic E-state index is 5.74. The fourth-order valence-corrected chi connectivity index (χ4v) is 14.7. The molecule has 0 N–H and O–H groups in total. The van der Waals surface area contributed by atoms with Crippen LogP contribution in [0.25, 0.3) is 178 Å². The molecule has 0 aliphatic heterocycles. The highest BCUT2D eigenvalue weighted by Crippen LogP contribution is 2.42. The monoisotopic (exact) mass is 1200 g/mol. The van der Waals surface area contributed by atoms with Crippen molar-refractivity contribution in [3.05, 3.63) is 334 Å². The lowest BCUT2D eigenvalue weighted by Crippen LogP contribution is -2.10. The van der Waals surface area contributed by atoms with Gasteiger partial charge in [0, 0.05) is 60.0 Å². The molecule has 438 valence electrons.